The Hall–Kier alpha value is 0.767. The van der Waals surface area contributed by atoms with Gasteiger partial charge in [-0.25, -0.2) is 0 Å². The lowest BCUT2D eigenvalue weighted by molar-refractivity contribution is 0.272. The highest BCUT2D eigenvalue weighted by Crippen LogP contribution is 2.20. The van der Waals surface area contributed by atoms with Crippen molar-refractivity contribution in [2.45, 2.75) is 0 Å². The van der Waals surface area contributed by atoms with Crippen LogP contribution >= 0.6 is 67.8 Å². The van der Waals surface area contributed by atoms with Gasteiger partial charge in [-0.3, -0.25) is 0 Å². The van der Waals surface area contributed by atoms with E-state index in [1.807, 2.05) is 18.2 Å². The molecule has 2 rings (SSSR count). The molecule has 0 fully saturated rings. The molecule has 0 aliphatic carbocycles. The summed E-state index contributed by atoms with van der Waals surface area (Å²) in [6, 6.07) is 14.6. The number of rotatable bonds is 4. The summed E-state index contributed by atoms with van der Waals surface area (Å²) in [5.74, 6) is 0. The summed E-state index contributed by atoms with van der Waals surface area (Å²) in [6.07, 6.45) is 0. The van der Waals surface area contributed by atoms with E-state index in [0.29, 0.717) is 0 Å². The van der Waals surface area contributed by atoms with Crippen LogP contribution in [0.1, 0.15) is 0 Å². The second kappa shape index (κ2) is 7.35. The summed E-state index contributed by atoms with van der Waals surface area (Å²) >= 11 is 7.09. The lowest BCUT2D eigenvalue weighted by atomic mass is 10.4. The summed E-state index contributed by atoms with van der Waals surface area (Å²) < 4.78 is 15.5. The minimum absolute atomic E-state index is 1.13. The van der Waals surface area contributed by atoms with E-state index in [4.69, 9.17) is 8.85 Å². The molecule has 6 heteroatoms. The predicted molar refractivity (Wildman–Crippen MR) is 110 cm³/mol. The number of hydrogen-bond acceptors (Lipinski definition) is 2. The van der Waals surface area contributed by atoms with Crippen molar-refractivity contribution < 1.29 is 8.85 Å². The van der Waals surface area contributed by atoms with Crippen LogP contribution in [0.5, 0.6) is 0 Å². The van der Waals surface area contributed by atoms with Crippen LogP contribution in [-0.4, -0.2) is 22.8 Å². The quantitative estimate of drug-likeness (QED) is 0.296. The fraction of sp³-hybridized carbons (Fsp3) is 0.143. The topological polar surface area (TPSA) is 18.5 Å². The molecule has 0 bridgehead atoms. The Bertz CT molecular complexity index is 601. The van der Waals surface area contributed by atoms with E-state index in [1.165, 1.54) is 15.9 Å². The second-order valence-electron chi connectivity index (χ2n) is 4.14. The Labute approximate surface area is 161 Å². The molecule has 2 aromatic carbocycles. The van der Waals surface area contributed by atoms with Gasteiger partial charge in [0, 0.05) is 30.1 Å². The third kappa shape index (κ3) is 3.24. The summed E-state index contributed by atoms with van der Waals surface area (Å²) in [4.78, 5) is 0. The first-order valence-corrected chi connectivity index (χ1v) is 10.9. The first-order chi connectivity index (χ1) is 9.55. The summed E-state index contributed by atoms with van der Waals surface area (Å²) in [5, 5.41) is 2.30. The smallest absolute Gasteiger partial charge is 0.391 e. The minimum atomic E-state index is -2.62. The molecule has 0 atom stereocenters. The second-order valence-corrected chi connectivity index (χ2v) is 10.8. The predicted octanol–water partition coefficient (Wildman–Crippen LogP) is 3.35. The first-order valence-electron chi connectivity index (χ1n) is 5.86. The van der Waals surface area contributed by atoms with Crippen molar-refractivity contribution in [2.24, 2.45) is 0 Å². The van der Waals surface area contributed by atoms with Gasteiger partial charge in [0.25, 0.3) is 0 Å². The Morgan fingerprint density at radius 1 is 0.900 bits per heavy atom. The molecule has 0 spiro atoms. The van der Waals surface area contributed by atoms with Crippen LogP contribution in [0.4, 0.5) is 0 Å². The normalized spacial score (nSPS) is 11.7. The fourth-order valence-corrected chi connectivity index (χ4v) is 8.71. The maximum atomic E-state index is 5.96. The summed E-state index contributed by atoms with van der Waals surface area (Å²) in [5.41, 5.74) is 0. The van der Waals surface area contributed by atoms with Gasteiger partial charge in [0.05, 0.1) is 0 Å². The van der Waals surface area contributed by atoms with Crippen LogP contribution in [-0.2, 0) is 8.85 Å². The molecule has 0 radical (unpaired) electrons. The van der Waals surface area contributed by atoms with E-state index < -0.39 is 8.56 Å². The van der Waals surface area contributed by atoms with Gasteiger partial charge >= 0.3 is 8.56 Å². The third-order valence-corrected chi connectivity index (χ3v) is 10.6. The zero-order valence-corrected chi connectivity index (χ0v) is 18.5. The van der Waals surface area contributed by atoms with Crippen LogP contribution in [0.2, 0.25) is 0 Å². The van der Waals surface area contributed by atoms with E-state index in [2.05, 4.69) is 92.0 Å². The summed E-state index contributed by atoms with van der Waals surface area (Å²) in [7, 11) is 0.863. The van der Waals surface area contributed by atoms with Crippen molar-refractivity contribution in [3.63, 3.8) is 0 Å². The van der Waals surface area contributed by atoms with Gasteiger partial charge < -0.3 is 8.85 Å². The van der Waals surface area contributed by atoms with Crippen molar-refractivity contribution >= 4 is 86.7 Å². The highest BCUT2D eigenvalue weighted by atomic mass is 127. The van der Waals surface area contributed by atoms with Gasteiger partial charge in [0.2, 0.25) is 0 Å². The molecule has 0 unspecified atom stereocenters. The standard InChI is InChI=1S/C14H13I3O2Si/c1-18-20(19-2,11-6-4-3-5-7-11)13-9-10(15)8-12(16)14(13)17/h3-9H,1-2H3. The highest BCUT2D eigenvalue weighted by molar-refractivity contribution is 14.1. The first kappa shape index (κ1) is 17.1. The van der Waals surface area contributed by atoms with Crippen LogP contribution < -0.4 is 10.4 Å². The number of hydrogen-bond donors (Lipinski definition) is 0. The molecular formula is C14H13I3O2Si. The van der Waals surface area contributed by atoms with Crippen LogP contribution in [0, 0.1) is 10.7 Å². The molecule has 20 heavy (non-hydrogen) atoms. The molecule has 2 nitrogen and oxygen atoms in total. The van der Waals surface area contributed by atoms with E-state index in [-0.39, 0.29) is 0 Å². The molecule has 0 saturated carbocycles. The van der Waals surface area contributed by atoms with Crippen molar-refractivity contribution in [3.8, 4) is 0 Å². The van der Waals surface area contributed by atoms with E-state index in [9.17, 15) is 0 Å². The Morgan fingerprint density at radius 3 is 2.05 bits per heavy atom. The molecule has 0 heterocycles. The molecule has 0 aliphatic rings. The Kier molecular flexibility index (Phi) is 6.30. The van der Waals surface area contributed by atoms with Crippen LogP contribution in [0.3, 0.4) is 0 Å². The van der Waals surface area contributed by atoms with Crippen molar-refractivity contribution in [3.05, 3.63) is 53.2 Å². The van der Waals surface area contributed by atoms with Gasteiger partial charge in [0.1, 0.15) is 0 Å². The van der Waals surface area contributed by atoms with E-state index in [0.717, 1.165) is 5.19 Å². The number of halogens is 3. The van der Waals surface area contributed by atoms with Gasteiger partial charge in [-0.1, -0.05) is 30.3 Å². The van der Waals surface area contributed by atoms with Gasteiger partial charge in [-0.15, -0.1) is 0 Å². The number of benzene rings is 2. The van der Waals surface area contributed by atoms with E-state index in [1.54, 1.807) is 14.2 Å². The van der Waals surface area contributed by atoms with Gasteiger partial charge in [-0.2, -0.15) is 0 Å². The molecular weight excluding hydrogens is 609 g/mol. The van der Waals surface area contributed by atoms with Gasteiger partial charge in [-0.05, 0) is 85.1 Å². The van der Waals surface area contributed by atoms with Gasteiger partial charge in [0.15, 0.2) is 0 Å². The van der Waals surface area contributed by atoms with Crippen LogP contribution in [0.15, 0.2) is 42.5 Å². The molecule has 2 aromatic rings. The highest BCUT2D eigenvalue weighted by Gasteiger charge is 2.42. The zero-order valence-electron chi connectivity index (χ0n) is 11.0. The zero-order chi connectivity index (χ0) is 14.8. The van der Waals surface area contributed by atoms with Crippen LogP contribution in [0.25, 0.3) is 0 Å². The average molecular weight is 622 g/mol. The fourth-order valence-electron chi connectivity index (χ4n) is 2.15. The lowest BCUT2D eigenvalue weighted by Gasteiger charge is -2.29. The molecule has 0 saturated heterocycles. The lowest BCUT2D eigenvalue weighted by Crippen LogP contribution is -2.63. The molecule has 106 valence electrons. The molecule has 0 aliphatic heterocycles. The minimum Gasteiger partial charge on any atom is -0.391 e. The average Bonchev–Trinajstić information content (AvgIpc) is 2.47. The Morgan fingerprint density at radius 2 is 1.50 bits per heavy atom. The molecule has 0 amide bonds. The third-order valence-electron chi connectivity index (χ3n) is 3.08. The SMILES string of the molecule is CO[Si](OC)(c1ccccc1)c1cc(I)cc(I)c1I. The molecule has 0 N–H and O–H groups in total. The van der Waals surface area contributed by atoms with Crippen molar-refractivity contribution in [2.75, 3.05) is 14.2 Å². The maximum Gasteiger partial charge on any atom is 0.407 e. The molecule has 0 aromatic heterocycles. The largest absolute Gasteiger partial charge is 0.407 e. The van der Waals surface area contributed by atoms with Crippen molar-refractivity contribution in [1.29, 1.82) is 0 Å². The van der Waals surface area contributed by atoms with E-state index >= 15 is 0 Å². The Balaban J connectivity index is 2.72. The van der Waals surface area contributed by atoms with Crippen molar-refractivity contribution in [1.82, 2.24) is 0 Å². The monoisotopic (exact) mass is 622 g/mol. The maximum absolute atomic E-state index is 5.96. The summed E-state index contributed by atoms with van der Waals surface area (Å²) in [6.45, 7) is 0.